The van der Waals surface area contributed by atoms with Gasteiger partial charge in [0, 0.05) is 12.3 Å². The van der Waals surface area contributed by atoms with Gasteiger partial charge >= 0.3 is 5.97 Å². The fourth-order valence-corrected chi connectivity index (χ4v) is 2.10. The summed E-state index contributed by atoms with van der Waals surface area (Å²) in [6.07, 6.45) is 0.120. The van der Waals surface area contributed by atoms with Crippen molar-refractivity contribution in [2.24, 2.45) is 0 Å². The van der Waals surface area contributed by atoms with Gasteiger partial charge in [-0.25, -0.2) is 4.79 Å². The molecule has 2 aromatic carbocycles. The number of carboxylic acids is 1. The summed E-state index contributed by atoms with van der Waals surface area (Å²) < 4.78 is 0. The Morgan fingerprint density at radius 1 is 0.909 bits per heavy atom. The summed E-state index contributed by atoms with van der Waals surface area (Å²) in [6.45, 7) is 0. The third kappa shape index (κ3) is 3.76. The molecule has 22 heavy (non-hydrogen) atoms. The highest BCUT2D eigenvalue weighted by molar-refractivity contribution is 5.87. The predicted octanol–water partition coefficient (Wildman–Crippen LogP) is 2.40. The molecule has 0 saturated heterocycles. The van der Waals surface area contributed by atoms with Crippen molar-refractivity contribution >= 4 is 5.97 Å². The first kappa shape index (κ1) is 15.4. The van der Waals surface area contributed by atoms with Gasteiger partial charge in [-0.3, -0.25) is 0 Å². The molecule has 0 aliphatic carbocycles. The van der Waals surface area contributed by atoms with E-state index in [4.69, 9.17) is 5.11 Å². The van der Waals surface area contributed by atoms with E-state index in [0.29, 0.717) is 0 Å². The lowest BCUT2D eigenvalue weighted by molar-refractivity contribution is -0.130. The number of hydrogen-bond donors (Lipinski definition) is 2. The van der Waals surface area contributed by atoms with Crippen LogP contribution in [0.1, 0.15) is 17.5 Å². The third-order valence-corrected chi connectivity index (χ3v) is 3.17. The summed E-state index contributed by atoms with van der Waals surface area (Å²) >= 11 is 0. The van der Waals surface area contributed by atoms with Crippen LogP contribution in [0.2, 0.25) is 0 Å². The molecule has 0 atom stereocenters. The van der Waals surface area contributed by atoms with E-state index in [2.05, 4.69) is 17.8 Å². The summed E-state index contributed by atoms with van der Waals surface area (Å²) in [6, 6.07) is 18.5. The van der Waals surface area contributed by atoms with E-state index < -0.39 is 11.6 Å². The predicted molar refractivity (Wildman–Crippen MR) is 83.7 cm³/mol. The lowest BCUT2D eigenvalue weighted by Gasteiger charge is -2.27. The van der Waals surface area contributed by atoms with Crippen LogP contribution in [0.5, 0.6) is 0 Å². The van der Waals surface area contributed by atoms with E-state index in [9.17, 15) is 9.90 Å². The minimum atomic E-state index is -1.26. The zero-order valence-corrected chi connectivity index (χ0v) is 11.8. The third-order valence-electron chi connectivity index (χ3n) is 3.17. The molecule has 0 amide bonds. The molecule has 0 fully saturated rings. The average Bonchev–Trinajstić information content (AvgIpc) is 2.55. The fourth-order valence-electron chi connectivity index (χ4n) is 2.10. The number of carbonyl (C=O) groups is 1. The Labute approximate surface area is 129 Å². The number of aliphatic carboxylic acids is 1. The average molecular weight is 290 g/mol. The lowest BCUT2D eigenvalue weighted by Crippen LogP contribution is -2.26. The van der Waals surface area contributed by atoms with Crippen molar-refractivity contribution in [1.29, 1.82) is 0 Å². The Bertz CT molecular complexity index is 717. The van der Waals surface area contributed by atoms with Crippen LogP contribution < -0.4 is 0 Å². The van der Waals surface area contributed by atoms with Gasteiger partial charge in [0.2, 0.25) is 0 Å². The van der Waals surface area contributed by atoms with Crippen LogP contribution in [0.25, 0.3) is 0 Å². The van der Waals surface area contributed by atoms with Gasteiger partial charge < -0.3 is 10.2 Å². The Morgan fingerprint density at radius 3 is 1.86 bits per heavy atom. The zero-order chi connectivity index (χ0) is 15.8. The van der Waals surface area contributed by atoms with E-state index >= 15 is 0 Å². The van der Waals surface area contributed by atoms with E-state index in [0.717, 1.165) is 11.1 Å². The molecule has 0 aromatic heterocycles. The van der Waals surface area contributed by atoms with Crippen LogP contribution in [0.3, 0.4) is 0 Å². The molecule has 0 radical (unpaired) electrons. The molecule has 0 saturated carbocycles. The molecule has 0 aliphatic rings. The minimum absolute atomic E-state index is 0.120. The Kier molecular flexibility index (Phi) is 4.98. The van der Waals surface area contributed by atoms with E-state index in [-0.39, 0.29) is 6.42 Å². The summed E-state index contributed by atoms with van der Waals surface area (Å²) in [4.78, 5) is 10.3. The van der Waals surface area contributed by atoms with Crippen molar-refractivity contribution in [2.75, 3.05) is 0 Å². The first-order chi connectivity index (χ1) is 10.6. The van der Waals surface area contributed by atoms with Crippen molar-refractivity contribution in [3.05, 3.63) is 71.8 Å². The van der Waals surface area contributed by atoms with Crippen LogP contribution in [0, 0.1) is 23.7 Å². The summed E-state index contributed by atoms with van der Waals surface area (Å²) in [5, 5.41) is 19.5. The second-order valence-electron chi connectivity index (χ2n) is 4.63. The molecule has 0 unspecified atom stereocenters. The highest BCUT2D eigenvalue weighted by Gasteiger charge is 2.30. The molecule has 2 aromatic rings. The quantitative estimate of drug-likeness (QED) is 0.853. The monoisotopic (exact) mass is 290 g/mol. The van der Waals surface area contributed by atoms with Crippen molar-refractivity contribution in [3.8, 4) is 23.7 Å². The van der Waals surface area contributed by atoms with Gasteiger partial charge in [0.15, 0.2) is 0 Å². The van der Waals surface area contributed by atoms with Gasteiger partial charge in [0.05, 0.1) is 0 Å². The number of rotatable bonds is 3. The SMILES string of the molecule is O=C(O)C#CC#CCC(O)(c1ccccc1)c1ccccc1. The Morgan fingerprint density at radius 2 is 1.41 bits per heavy atom. The number of carboxylic acid groups (broad SMARTS) is 1. The lowest BCUT2D eigenvalue weighted by atomic mass is 9.84. The van der Waals surface area contributed by atoms with Gasteiger partial charge in [0.25, 0.3) is 0 Å². The van der Waals surface area contributed by atoms with Gasteiger partial charge in [-0.2, -0.15) is 0 Å². The maximum absolute atomic E-state index is 11.1. The molecule has 0 heterocycles. The second-order valence-corrected chi connectivity index (χ2v) is 4.63. The van der Waals surface area contributed by atoms with Crippen molar-refractivity contribution in [1.82, 2.24) is 0 Å². The second kappa shape index (κ2) is 7.13. The van der Waals surface area contributed by atoms with Gasteiger partial charge in [-0.05, 0) is 23.0 Å². The summed E-state index contributed by atoms with van der Waals surface area (Å²) in [5.41, 5.74) is 0.184. The first-order valence-corrected chi connectivity index (χ1v) is 6.68. The molecule has 3 nitrogen and oxygen atoms in total. The Balaban J connectivity index is 2.36. The molecule has 0 aliphatic heterocycles. The van der Waals surface area contributed by atoms with Crippen LogP contribution >= 0.6 is 0 Å². The van der Waals surface area contributed by atoms with Crippen molar-refractivity contribution < 1.29 is 15.0 Å². The fraction of sp³-hybridized carbons (Fsp3) is 0.105. The van der Waals surface area contributed by atoms with Gasteiger partial charge in [0.1, 0.15) is 5.60 Å². The zero-order valence-electron chi connectivity index (χ0n) is 11.8. The van der Waals surface area contributed by atoms with Gasteiger partial charge in [-0.1, -0.05) is 66.6 Å². The molecular weight excluding hydrogens is 276 g/mol. The summed E-state index contributed by atoms with van der Waals surface area (Å²) in [7, 11) is 0. The number of aliphatic hydroxyl groups is 1. The van der Waals surface area contributed by atoms with Crippen molar-refractivity contribution in [3.63, 3.8) is 0 Å². The standard InChI is InChI=1S/C19H14O3/c20-18(21)14-8-3-9-15-19(22,16-10-4-1-5-11-16)17-12-6-2-7-13-17/h1-2,4-7,10-13,22H,15H2,(H,20,21). The highest BCUT2D eigenvalue weighted by Crippen LogP contribution is 2.32. The maximum Gasteiger partial charge on any atom is 0.382 e. The maximum atomic E-state index is 11.1. The summed E-state index contributed by atoms with van der Waals surface area (Å²) in [5.74, 6) is 8.14. The number of benzene rings is 2. The highest BCUT2D eigenvalue weighted by atomic mass is 16.4. The van der Waals surface area contributed by atoms with Gasteiger partial charge in [-0.15, -0.1) is 0 Å². The van der Waals surface area contributed by atoms with Crippen molar-refractivity contribution in [2.45, 2.75) is 12.0 Å². The molecule has 0 spiro atoms. The molecule has 108 valence electrons. The first-order valence-electron chi connectivity index (χ1n) is 6.68. The van der Waals surface area contributed by atoms with E-state index in [1.165, 1.54) is 0 Å². The van der Waals surface area contributed by atoms with E-state index in [1.807, 2.05) is 66.6 Å². The minimum Gasteiger partial charge on any atom is -0.472 e. The molecule has 2 N–H and O–H groups in total. The Hall–Kier alpha value is -3.01. The topological polar surface area (TPSA) is 57.5 Å². The molecule has 0 bridgehead atoms. The van der Waals surface area contributed by atoms with E-state index in [1.54, 1.807) is 0 Å². The smallest absolute Gasteiger partial charge is 0.382 e. The normalized spacial score (nSPS) is 9.86. The van der Waals surface area contributed by atoms with Crippen LogP contribution in [0.4, 0.5) is 0 Å². The van der Waals surface area contributed by atoms with Crippen LogP contribution in [0.15, 0.2) is 60.7 Å². The number of hydrogen-bond acceptors (Lipinski definition) is 2. The molecular formula is C19H14O3. The van der Waals surface area contributed by atoms with Crippen LogP contribution in [-0.2, 0) is 10.4 Å². The molecule has 2 rings (SSSR count). The largest absolute Gasteiger partial charge is 0.472 e. The van der Waals surface area contributed by atoms with Crippen LogP contribution in [-0.4, -0.2) is 16.2 Å². The molecule has 3 heteroatoms.